The van der Waals surface area contributed by atoms with Gasteiger partial charge in [-0.2, -0.15) is 0 Å². The molecule has 0 unspecified atom stereocenters. The summed E-state index contributed by atoms with van der Waals surface area (Å²) in [7, 11) is 0. The highest BCUT2D eigenvalue weighted by molar-refractivity contribution is 5.73. The number of hydrogen-bond acceptors (Lipinski definition) is 2. The van der Waals surface area contributed by atoms with Crippen molar-refractivity contribution in [2.24, 2.45) is 0 Å². The van der Waals surface area contributed by atoms with Crippen LogP contribution in [0.2, 0.25) is 0 Å². The largest absolute Gasteiger partial charge is 0.370 e. The Morgan fingerprint density at radius 1 is 1.12 bits per heavy atom. The molecule has 0 saturated carbocycles. The predicted octanol–water partition coefficient (Wildman–Crippen LogP) is 4.80. The van der Waals surface area contributed by atoms with E-state index in [-0.39, 0.29) is 24.2 Å². The minimum atomic E-state index is 0.0374. The number of benzene rings is 2. The maximum Gasteiger partial charge on any atom is 0.217 e. The maximum atomic E-state index is 11.4. The van der Waals surface area contributed by atoms with Crippen LogP contribution in [0.1, 0.15) is 50.3 Å². The number of ether oxygens (including phenoxy) is 1. The Bertz CT molecular complexity index is 723. The first-order chi connectivity index (χ1) is 12.1. The summed E-state index contributed by atoms with van der Waals surface area (Å²) in [6, 6.07) is 17.3. The third-order valence-corrected chi connectivity index (χ3v) is 5.00. The first-order valence-electron chi connectivity index (χ1n) is 9.15. The Morgan fingerprint density at radius 2 is 1.84 bits per heavy atom. The van der Waals surface area contributed by atoms with Crippen molar-refractivity contribution < 1.29 is 9.53 Å². The van der Waals surface area contributed by atoms with E-state index in [0.29, 0.717) is 0 Å². The lowest BCUT2D eigenvalue weighted by atomic mass is 9.92. The van der Waals surface area contributed by atoms with Crippen LogP contribution in [0.4, 0.5) is 0 Å². The first kappa shape index (κ1) is 17.7. The molecule has 1 aliphatic heterocycles. The van der Waals surface area contributed by atoms with Gasteiger partial charge in [0.1, 0.15) is 0 Å². The number of carbonyl (C=O) groups is 1. The van der Waals surface area contributed by atoms with Crippen molar-refractivity contribution >= 4 is 5.91 Å². The van der Waals surface area contributed by atoms with Gasteiger partial charge in [0.2, 0.25) is 5.91 Å². The Labute approximate surface area is 150 Å². The van der Waals surface area contributed by atoms with E-state index in [9.17, 15) is 4.79 Å². The van der Waals surface area contributed by atoms with Crippen LogP contribution >= 0.6 is 0 Å². The molecule has 1 heterocycles. The second-order valence-electron chi connectivity index (χ2n) is 6.96. The molecule has 3 atom stereocenters. The van der Waals surface area contributed by atoms with Crippen molar-refractivity contribution in [3.05, 3.63) is 59.7 Å². The number of amides is 1. The molecular formula is C22H27NO2. The van der Waals surface area contributed by atoms with Gasteiger partial charge in [-0.1, -0.05) is 55.5 Å². The molecule has 0 radical (unpaired) electrons. The first-order valence-corrected chi connectivity index (χ1v) is 9.15. The lowest BCUT2D eigenvalue weighted by Gasteiger charge is -2.35. The molecule has 0 spiro atoms. The summed E-state index contributed by atoms with van der Waals surface area (Å²) in [5, 5.41) is 3.07. The van der Waals surface area contributed by atoms with Gasteiger partial charge in [-0.3, -0.25) is 4.79 Å². The smallest absolute Gasteiger partial charge is 0.217 e. The molecule has 0 bridgehead atoms. The molecule has 0 aromatic heterocycles. The molecule has 0 aliphatic carbocycles. The number of hydrogen-bond donors (Lipinski definition) is 1. The van der Waals surface area contributed by atoms with Gasteiger partial charge in [-0.25, -0.2) is 0 Å². The summed E-state index contributed by atoms with van der Waals surface area (Å²) >= 11 is 0. The fraction of sp³-hybridized carbons (Fsp3) is 0.409. The summed E-state index contributed by atoms with van der Waals surface area (Å²) in [6.07, 6.45) is 2.94. The van der Waals surface area contributed by atoms with E-state index < -0.39 is 0 Å². The Morgan fingerprint density at radius 3 is 2.48 bits per heavy atom. The van der Waals surface area contributed by atoms with E-state index >= 15 is 0 Å². The molecule has 1 N–H and O–H groups in total. The SMILES string of the molecule is CC[C@H]1C[C@@H](NC(C)=O)C[C@@H](c2ccc(-c3ccccc3C)cc2)O1. The summed E-state index contributed by atoms with van der Waals surface area (Å²) in [6.45, 7) is 5.86. The van der Waals surface area contributed by atoms with E-state index in [4.69, 9.17) is 4.74 Å². The average Bonchev–Trinajstić information content (AvgIpc) is 2.61. The lowest BCUT2D eigenvalue weighted by Crippen LogP contribution is -2.42. The zero-order valence-electron chi connectivity index (χ0n) is 15.3. The van der Waals surface area contributed by atoms with Crippen LogP contribution in [-0.4, -0.2) is 18.1 Å². The second-order valence-corrected chi connectivity index (χ2v) is 6.96. The van der Waals surface area contributed by atoms with Crippen LogP contribution in [0.5, 0.6) is 0 Å². The van der Waals surface area contributed by atoms with E-state index in [1.807, 2.05) is 0 Å². The molecular weight excluding hydrogens is 310 g/mol. The van der Waals surface area contributed by atoms with Gasteiger partial charge >= 0.3 is 0 Å². The number of aryl methyl sites for hydroxylation is 1. The van der Waals surface area contributed by atoms with Gasteiger partial charge in [0, 0.05) is 13.0 Å². The topological polar surface area (TPSA) is 38.3 Å². The van der Waals surface area contributed by atoms with E-state index in [0.717, 1.165) is 19.3 Å². The van der Waals surface area contributed by atoms with Crippen LogP contribution in [0.25, 0.3) is 11.1 Å². The molecule has 1 fully saturated rings. The zero-order chi connectivity index (χ0) is 17.8. The molecule has 1 saturated heterocycles. The van der Waals surface area contributed by atoms with E-state index in [1.165, 1.54) is 22.3 Å². The van der Waals surface area contributed by atoms with Crippen LogP contribution < -0.4 is 5.32 Å². The quantitative estimate of drug-likeness (QED) is 0.870. The Kier molecular flexibility index (Phi) is 5.54. The Hall–Kier alpha value is -2.13. The predicted molar refractivity (Wildman–Crippen MR) is 101 cm³/mol. The van der Waals surface area contributed by atoms with Crippen molar-refractivity contribution in [1.82, 2.24) is 5.32 Å². The minimum Gasteiger partial charge on any atom is -0.370 e. The highest BCUT2D eigenvalue weighted by atomic mass is 16.5. The molecule has 3 heteroatoms. The molecule has 3 nitrogen and oxygen atoms in total. The van der Waals surface area contributed by atoms with Gasteiger partial charge < -0.3 is 10.1 Å². The monoisotopic (exact) mass is 337 g/mol. The zero-order valence-corrected chi connectivity index (χ0v) is 15.3. The summed E-state index contributed by atoms with van der Waals surface area (Å²) in [5.41, 5.74) is 4.95. The lowest BCUT2D eigenvalue weighted by molar-refractivity contribution is -0.122. The normalized spacial score (nSPS) is 23.2. The van der Waals surface area contributed by atoms with Crippen LogP contribution in [0.3, 0.4) is 0 Å². The van der Waals surface area contributed by atoms with Crippen LogP contribution in [0, 0.1) is 6.92 Å². The number of carbonyl (C=O) groups excluding carboxylic acids is 1. The molecule has 25 heavy (non-hydrogen) atoms. The molecule has 1 aliphatic rings. The second kappa shape index (κ2) is 7.83. The average molecular weight is 337 g/mol. The van der Waals surface area contributed by atoms with Crippen molar-refractivity contribution in [3.8, 4) is 11.1 Å². The fourth-order valence-electron chi connectivity index (χ4n) is 3.67. The van der Waals surface area contributed by atoms with Crippen molar-refractivity contribution in [3.63, 3.8) is 0 Å². The maximum absolute atomic E-state index is 11.4. The fourth-order valence-corrected chi connectivity index (χ4v) is 3.67. The van der Waals surface area contributed by atoms with Gasteiger partial charge in [0.25, 0.3) is 0 Å². The number of rotatable bonds is 4. The van der Waals surface area contributed by atoms with E-state index in [2.05, 4.69) is 67.7 Å². The standard InChI is InChI=1S/C22H27NO2/c1-4-20-13-19(23-16(3)24)14-22(25-20)18-11-9-17(10-12-18)21-8-6-5-7-15(21)2/h5-12,19-20,22H,4,13-14H2,1-3H3,(H,23,24)/t19-,20+,22+/m1/s1. The van der Waals surface area contributed by atoms with Crippen LogP contribution in [0.15, 0.2) is 48.5 Å². The molecule has 132 valence electrons. The Balaban J connectivity index is 1.78. The van der Waals surface area contributed by atoms with Gasteiger partial charge in [0.15, 0.2) is 0 Å². The summed E-state index contributed by atoms with van der Waals surface area (Å²) in [4.78, 5) is 11.4. The summed E-state index contributed by atoms with van der Waals surface area (Å²) in [5.74, 6) is 0.0374. The molecule has 2 aromatic rings. The van der Waals surface area contributed by atoms with Crippen molar-refractivity contribution in [2.75, 3.05) is 0 Å². The van der Waals surface area contributed by atoms with Crippen molar-refractivity contribution in [1.29, 1.82) is 0 Å². The molecule has 1 amide bonds. The molecule has 3 rings (SSSR count). The van der Waals surface area contributed by atoms with Gasteiger partial charge in [-0.15, -0.1) is 0 Å². The van der Waals surface area contributed by atoms with Gasteiger partial charge in [0.05, 0.1) is 12.2 Å². The van der Waals surface area contributed by atoms with Gasteiger partial charge in [-0.05, 0) is 48.4 Å². The number of nitrogens with one attached hydrogen (secondary N) is 1. The highest BCUT2D eigenvalue weighted by Gasteiger charge is 2.30. The van der Waals surface area contributed by atoms with Crippen LogP contribution in [-0.2, 0) is 9.53 Å². The van der Waals surface area contributed by atoms with E-state index in [1.54, 1.807) is 6.92 Å². The highest BCUT2D eigenvalue weighted by Crippen LogP contribution is 2.34. The summed E-state index contributed by atoms with van der Waals surface area (Å²) < 4.78 is 6.25. The minimum absolute atomic E-state index is 0.0374. The third-order valence-electron chi connectivity index (χ3n) is 5.00. The third kappa shape index (κ3) is 4.29. The molecule has 2 aromatic carbocycles. The van der Waals surface area contributed by atoms with Crippen molar-refractivity contribution in [2.45, 2.75) is 58.3 Å².